The zero-order valence-electron chi connectivity index (χ0n) is 19.0. The predicted octanol–water partition coefficient (Wildman–Crippen LogP) is 5.30. The molecule has 0 bridgehead atoms. The number of amides is 2. The molecule has 2 rings (SSSR count). The minimum Gasteiger partial charge on any atom is -0.444 e. The number of nitrogens with zero attached hydrogens (tertiary/aromatic N) is 3. The molecule has 1 aromatic heterocycles. The maximum absolute atomic E-state index is 12.6. The summed E-state index contributed by atoms with van der Waals surface area (Å²) in [4.78, 5) is 33.0. The number of likely N-dealkylation sites (tertiary alicyclic amines) is 1. The smallest absolute Gasteiger partial charge is 0.416 e. The molecule has 1 aliphatic rings. The van der Waals surface area contributed by atoms with Crippen LogP contribution in [0.15, 0.2) is 18.3 Å². The summed E-state index contributed by atoms with van der Waals surface area (Å²) < 4.78 is 11.1. The molecular formula is C22H35N3O4. The third-order valence-electron chi connectivity index (χ3n) is 4.39. The average Bonchev–Trinajstić information content (AvgIpc) is 3.01. The van der Waals surface area contributed by atoms with Gasteiger partial charge in [0, 0.05) is 18.8 Å². The highest BCUT2D eigenvalue weighted by Crippen LogP contribution is 2.33. The van der Waals surface area contributed by atoms with E-state index in [0.717, 1.165) is 18.4 Å². The first-order valence-corrected chi connectivity index (χ1v) is 10.3. The van der Waals surface area contributed by atoms with Crippen LogP contribution in [0.2, 0.25) is 0 Å². The Kier molecular flexibility index (Phi) is 6.81. The van der Waals surface area contributed by atoms with Gasteiger partial charge < -0.3 is 14.4 Å². The highest BCUT2D eigenvalue weighted by molar-refractivity contribution is 5.87. The van der Waals surface area contributed by atoms with Crippen molar-refractivity contribution in [2.24, 2.45) is 0 Å². The van der Waals surface area contributed by atoms with Gasteiger partial charge in [0.2, 0.25) is 0 Å². The van der Waals surface area contributed by atoms with Crippen molar-refractivity contribution < 1.29 is 19.1 Å². The van der Waals surface area contributed by atoms with Gasteiger partial charge in [-0.3, -0.25) is 4.90 Å². The third kappa shape index (κ3) is 6.34. The highest BCUT2D eigenvalue weighted by atomic mass is 16.6. The molecule has 0 aliphatic carbocycles. The van der Waals surface area contributed by atoms with Crippen LogP contribution in [0.4, 0.5) is 15.4 Å². The quantitative estimate of drug-likeness (QED) is 0.682. The lowest BCUT2D eigenvalue weighted by molar-refractivity contribution is 0.0224. The molecule has 0 aromatic carbocycles. The predicted molar refractivity (Wildman–Crippen MR) is 113 cm³/mol. The summed E-state index contributed by atoms with van der Waals surface area (Å²) in [6, 6.07) is 3.56. The molecule has 162 valence electrons. The molecule has 1 aromatic rings. The summed E-state index contributed by atoms with van der Waals surface area (Å²) in [5.74, 6) is 0.528. The van der Waals surface area contributed by atoms with E-state index in [0.29, 0.717) is 12.4 Å². The Morgan fingerprint density at radius 1 is 1.10 bits per heavy atom. The topological polar surface area (TPSA) is 72.0 Å². The van der Waals surface area contributed by atoms with Crippen LogP contribution < -0.4 is 4.90 Å². The number of aromatic nitrogens is 1. The zero-order valence-corrected chi connectivity index (χ0v) is 19.0. The number of rotatable bonds is 3. The van der Waals surface area contributed by atoms with Crippen molar-refractivity contribution in [3.8, 4) is 0 Å². The maximum atomic E-state index is 12.6. The Morgan fingerprint density at radius 3 is 2.21 bits per heavy atom. The maximum Gasteiger partial charge on any atom is 0.416 e. The van der Waals surface area contributed by atoms with Gasteiger partial charge in [-0.05, 0) is 79.9 Å². The summed E-state index contributed by atoms with van der Waals surface area (Å²) in [5, 5.41) is 0. The number of hydrogen-bond donors (Lipinski definition) is 0. The molecule has 7 nitrogen and oxygen atoms in total. The summed E-state index contributed by atoms with van der Waals surface area (Å²) in [6.45, 7) is 15.6. The van der Waals surface area contributed by atoms with Crippen LogP contribution >= 0.6 is 0 Å². The monoisotopic (exact) mass is 405 g/mol. The van der Waals surface area contributed by atoms with E-state index in [1.165, 1.54) is 4.90 Å². The standard InChI is InChI=1S/C22H35N3O4/c1-15(2)25(20(27)29-22(6,7)8)18-12-11-16(14-23-18)17-10-9-13-24(17)19(26)28-21(3,4)5/h11-12,14-15,17H,9-10,13H2,1-8H3. The van der Waals surface area contributed by atoms with Crippen LogP contribution in [0.25, 0.3) is 0 Å². The van der Waals surface area contributed by atoms with Gasteiger partial charge in [0.1, 0.15) is 17.0 Å². The van der Waals surface area contributed by atoms with Gasteiger partial charge in [0.15, 0.2) is 0 Å². The van der Waals surface area contributed by atoms with Gasteiger partial charge in [-0.25, -0.2) is 14.6 Å². The number of anilines is 1. The van der Waals surface area contributed by atoms with Crippen molar-refractivity contribution in [2.75, 3.05) is 11.4 Å². The number of carbonyl (C=O) groups excluding carboxylic acids is 2. The van der Waals surface area contributed by atoms with Crippen LogP contribution in [-0.4, -0.2) is 45.9 Å². The zero-order chi connectivity index (χ0) is 22.0. The molecule has 1 aliphatic heterocycles. The summed E-state index contributed by atoms with van der Waals surface area (Å²) >= 11 is 0. The molecule has 29 heavy (non-hydrogen) atoms. The van der Waals surface area contributed by atoms with Crippen LogP contribution in [0.5, 0.6) is 0 Å². The fraction of sp³-hybridized carbons (Fsp3) is 0.682. The Labute approximate surface area is 174 Å². The number of hydrogen-bond acceptors (Lipinski definition) is 5. The minimum absolute atomic E-state index is 0.0690. The van der Waals surface area contributed by atoms with Gasteiger partial charge in [-0.1, -0.05) is 6.07 Å². The van der Waals surface area contributed by atoms with Gasteiger partial charge in [-0.15, -0.1) is 0 Å². The molecule has 1 atom stereocenters. The molecule has 2 heterocycles. The second-order valence-electron chi connectivity index (χ2n) is 9.73. The molecule has 1 saturated heterocycles. The van der Waals surface area contributed by atoms with Crippen LogP contribution in [0, 0.1) is 0 Å². The first-order valence-electron chi connectivity index (χ1n) is 10.3. The fourth-order valence-electron chi connectivity index (χ4n) is 3.27. The number of pyridine rings is 1. The van der Waals surface area contributed by atoms with E-state index in [-0.39, 0.29) is 18.2 Å². The van der Waals surface area contributed by atoms with E-state index in [9.17, 15) is 9.59 Å². The number of ether oxygens (including phenoxy) is 2. The molecule has 1 fully saturated rings. The van der Waals surface area contributed by atoms with Gasteiger partial charge in [-0.2, -0.15) is 0 Å². The van der Waals surface area contributed by atoms with Crippen molar-refractivity contribution in [3.63, 3.8) is 0 Å². The molecule has 0 radical (unpaired) electrons. The average molecular weight is 406 g/mol. The van der Waals surface area contributed by atoms with E-state index < -0.39 is 17.3 Å². The Hall–Kier alpha value is -2.31. The molecule has 1 unspecified atom stereocenters. The lowest BCUT2D eigenvalue weighted by Crippen LogP contribution is -2.41. The minimum atomic E-state index is -0.581. The Balaban J connectivity index is 2.19. The second-order valence-corrected chi connectivity index (χ2v) is 9.73. The first-order chi connectivity index (χ1) is 13.3. The highest BCUT2D eigenvalue weighted by Gasteiger charge is 2.34. The van der Waals surface area contributed by atoms with Crippen LogP contribution in [-0.2, 0) is 9.47 Å². The van der Waals surface area contributed by atoms with Gasteiger partial charge >= 0.3 is 12.2 Å². The van der Waals surface area contributed by atoms with Crippen molar-refractivity contribution >= 4 is 18.0 Å². The van der Waals surface area contributed by atoms with Gasteiger partial charge in [0.05, 0.1) is 6.04 Å². The van der Waals surface area contributed by atoms with Crippen molar-refractivity contribution in [1.29, 1.82) is 0 Å². The first kappa shape index (κ1) is 23.0. The Morgan fingerprint density at radius 2 is 1.72 bits per heavy atom. The van der Waals surface area contributed by atoms with Crippen LogP contribution in [0.1, 0.15) is 79.8 Å². The van der Waals surface area contributed by atoms with E-state index in [2.05, 4.69) is 4.98 Å². The van der Waals surface area contributed by atoms with Crippen molar-refractivity contribution in [1.82, 2.24) is 9.88 Å². The van der Waals surface area contributed by atoms with Gasteiger partial charge in [0.25, 0.3) is 0 Å². The van der Waals surface area contributed by atoms with Crippen molar-refractivity contribution in [3.05, 3.63) is 23.9 Å². The summed E-state index contributed by atoms with van der Waals surface area (Å²) in [5.41, 5.74) is -0.176. The van der Waals surface area contributed by atoms with E-state index >= 15 is 0 Å². The molecule has 2 amide bonds. The van der Waals surface area contributed by atoms with E-state index in [1.807, 2.05) is 67.5 Å². The number of carbonyl (C=O) groups is 2. The van der Waals surface area contributed by atoms with E-state index in [4.69, 9.17) is 9.47 Å². The molecule has 7 heteroatoms. The second kappa shape index (κ2) is 8.59. The normalized spacial score (nSPS) is 17.4. The van der Waals surface area contributed by atoms with E-state index in [1.54, 1.807) is 11.1 Å². The van der Waals surface area contributed by atoms with Crippen molar-refractivity contribution in [2.45, 2.75) is 91.5 Å². The molecular weight excluding hydrogens is 370 g/mol. The molecule has 0 saturated carbocycles. The largest absolute Gasteiger partial charge is 0.444 e. The SMILES string of the molecule is CC(C)N(C(=O)OC(C)(C)C)c1ccc(C2CCCN2C(=O)OC(C)(C)C)cn1. The fourth-order valence-corrected chi connectivity index (χ4v) is 3.27. The molecule has 0 spiro atoms. The lowest BCUT2D eigenvalue weighted by Gasteiger charge is -2.30. The molecule has 0 N–H and O–H groups in total. The summed E-state index contributed by atoms with van der Waals surface area (Å²) in [6.07, 6.45) is 2.79. The summed E-state index contributed by atoms with van der Waals surface area (Å²) in [7, 11) is 0. The third-order valence-corrected chi connectivity index (χ3v) is 4.39. The Bertz CT molecular complexity index is 717. The van der Waals surface area contributed by atoms with Crippen LogP contribution in [0.3, 0.4) is 0 Å². The lowest BCUT2D eigenvalue weighted by atomic mass is 10.1.